The van der Waals surface area contributed by atoms with Gasteiger partial charge in [-0.05, 0) is 97.5 Å². The van der Waals surface area contributed by atoms with Crippen LogP contribution in [0.25, 0.3) is 55.8 Å². The lowest BCUT2D eigenvalue weighted by Crippen LogP contribution is -2.75. The molecule has 9 aromatic rings. The molecule has 0 aliphatic carbocycles. The van der Waals surface area contributed by atoms with Crippen LogP contribution in [0.4, 0.5) is 0 Å². The molecule has 0 bridgehead atoms. The van der Waals surface area contributed by atoms with Gasteiger partial charge < -0.3 is 0 Å². The number of benzene rings is 8. The summed E-state index contributed by atoms with van der Waals surface area (Å²) in [5.41, 5.74) is 17.1. The van der Waals surface area contributed by atoms with Crippen LogP contribution < -0.4 is 37.3 Å². The van der Waals surface area contributed by atoms with Crippen LogP contribution in [-0.4, -0.2) is 13.4 Å². The molecule has 10 rings (SSSR count). The fourth-order valence-electron chi connectivity index (χ4n) is 10.1. The molecule has 1 aliphatic heterocycles. The first-order valence-corrected chi connectivity index (χ1v) is 21.6. The molecular weight excluding hydrogens is 756 g/mol. The molecule has 0 radical (unpaired) electrons. The Morgan fingerprint density at radius 2 is 0.810 bits per heavy atom. The van der Waals surface area contributed by atoms with Gasteiger partial charge in [0, 0.05) is 29.5 Å². The highest BCUT2D eigenvalue weighted by Crippen LogP contribution is 2.31. The maximum Gasteiger partial charge on any atom is 0.240 e. The van der Waals surface area contributed by atoms with Gasteiger partial charge in [-0.2, -0.15) is 0 Å². The second-order valence-electron chi connectivity index (χ2n) is 17.1. The summed E-state index contributed by atoms with van der Waals surface area (Å²) in [4.78, 5) is 0. The molecule has 302 valence electrons. The molecule has 1 aromatic heterocycles. The Kier molecular flexibility index (Phi) is 8.06. The van der Waals surface area contributed by atoms with Gasteiger partial charge in [-0.25, -0.2) is 4.57 Å². The lowest BCUT2D eigenvalue weighted by molar-refractivity contribution is -0.660. The molecule has 1 aliphatic rings. The summed E-state index contributed by atoms with van der Waals surface area (Å²) >= 11 is 0. The average molecular weight is 818 g/mol. The third-order valence-electron chi connectivity index (χ3n) is 13.1. The Labute approximate surface area is 387 Å². The standard InChI is InChI=1S/C60H52B2N/c1-39-18-14-15-23-52(39)58-37-53(44(6)38-63(58)7)48-28-26-47(27-29-48)49-30-31-56-57(36-49)62(60-42(4)34-51(35-43(60)5)46-21-12-9-13-22-46)55-25-17-16-24-54(55)61(56)59-40(2)32-50(33-41(59)3)45-19-10-8-11-20-45/h8-38H,1-7H3/q+1/i2D3,4D3,6D3. The topological polar surface area (TPSA) is 3.88 Å². The first kappa shape index (κ1) is 31.0. The van der Waals surface area contributed by atoms with Gasteiger partial charge in [0.25, 0.3) is 0 Å². The van der Waals surface area contributed by atoms with Crippen molar-refractivity contribution in [2.75, 3.05) is 0 Å². The lowest BCUT2D eigenvalue weighted by Gasteiger charge is -2.35. The van der Waals surface area contributed by atoms with Crippen molar-refractivity contribution in [2.24, 2.45) is 7.05 Å². The fraction of sp³-hybridized carbons (Fsp3) is 0.117. The summed E-state index contributed by atoms with van der Waals surface area (Å²) in [6, 6.07) is 59.9. The third-order valence-corrected chi connectivity index (χ3v) is 13.1. The second-order valence-corrected chi connectivity index (χ2v) is 17.1. The highest BCUT2D eigenvalue weighted by atomic mass is 14.9. The molecule has 0 N–H and O–H groups in total. The van der Waals surface area contributed by atoms with Gasteiger partial charge in [0.05, 0.1) is 0 Å². The molecule has 2 heterocycles. The van der Waals surface area contributed by atoms with E-state index in [1.54, 1.807) is 6.20 Å². The number of rotatable bonds is 7. The highest BCUT2D eigenvalue weighted by Gasteiger charge is 2.40. The molecule has 0 saturated carbocycles. The Bertz CT molecular complexity index is 3530. The number of hydrogen-bond donors (Lipinski definition) is 0. The number of aromatic nitrogens is 1. The predicted octanol–water partition coefficient (Wildman–Crippen LogP) is 10.0. The van der Waals surface area contributed by atoms with E-state index >= 15 is 0 Å². The van der Waals surface area contributed by atoms with Crippen molar-refractivity contribution in [1.82, 2.24) is 0 Å². The molecule has 0 fully saturated rings. The molecule has 0 atom stereocenters. The van der Waals surface area contributed by atoms with Crippen LogP contribution in [0.2, 0.25) is 0 Å². The van der Waals surface area contributed by atoms with E-state index in [4.69, 9.17) is 12.3 Å². The van der Waals surface area contributed by atoms with E-state index in [0.717, 1.165) is 88.7 Å². The Hall–Kier alpha value is -6.96. The van der Waals surface area contributed by atoms with E-state index in [1.165, 1.54) is 0 Å². The predicted molar refractivity (Wildman–Crippen MR) is 272 cm³/mol. The van der Waals surface area contributed by atoms with E-state index in [1.807, 2.05) is 172 Å². The van der Waals surface area contributed by atoms with E-state index in [-0.39, 0.29) is 16.7 Å². The molecule has 1 nitrogen and oxygen atoms in total. The summed E-state index contributed by atoms with van der Waals surface area (Å²) < 4.78 is 81.9. The molecule has 0 saturated heterocycles. The zero-order valence-corrected chi connectivity index (χ0v) is 36.0. The zero-order valence-electron chi connectivity index (χ0n) is 45.0. The van der Waals surface area contributed by atoms with Gasteiger partial charge in [0.15, 0.2) is 6.20 Å². The molecular formula is C60H52B2N+. The monoisotopic (exact) mass is 817 g/mol. The van der Waals surface area contributed by atoms with E-state index < -0.39 is 34.0 Å². The van der Waals surface area contributed by atoms with Gasteiger partial charge in [0.2, 0.25) is 19.1 Å². The average Bonchev–Trinajstić information content (AvgIpc) is 3.35. The van der Waals surface area contributed by atoms with Crippen molar-refractivity contribution in [3.8, 4) is 55.8 Å². The van der Waals surface area contributed by atoms with Crippen molar-refractivity contribution in [3.63, 3.8) is 0 Å². The Morgan fingerprint density at radius 3 is 1.38 bits per heavy atom. The summed E-state index contributed by atoms with van der Waals surface area (Å²) in [6.07, 6.45) is 1.71. The van der Waals surface area contributed by atoms with Crippen molar-refractivity contribution in [1.29, 1.82) is 0 Å². The first-order chi connectivity index (χ1) is 34.3. The van der Waals surface area contributed by atoms with Crippen LogP contribution in [0, 0.1) is 41.3 Å². The molecule has 3 heteroatoms. The number of hydrogen-bond acceptors (Lipinski definition) is 0. The number of fused-ring (bicyclic) bond motifs is 2. The van der Waals surface area contributed by atoms with Gasteiger partial charge >= 0.3 is 0 Å². The van der Waals surface area contributed by atoms with Crippen LogP contribution in [0.3, 0.4) is 0 Å². The summed E-state index contributed by atoms with van der Waals surface area (Å²) in [5.74, 6) is 0. The molecule has 63 heavy (non-hydrogen) atoms. The Morgan fingerprint density at radius 1 is 0.349 bits per heavy atom. The quantitative estimate of drug-likeness (QED) is 0.111. The highest BCUT2D eigenvalue weighted by molar-refractivity contribution is 7.11. The largest absolute Gasteiger partial charge is 0.240 e. The minimum Gasteiger partial charge on any atom is -0.201 e. The van der Waals surface area contributed by atoms with Gasteiger partial charge in [-0.15, -0.1) is 0 Å². The van der Waals surface area contributed by atoms with Crippen LogP contribution in [0.5, 0.6) is 0 Å². The van der Waals surface area contributed by atoms with E-state index in [0.29, 0.717) is 16.5 Å². The third kappa shape index (κ3) is 7.26. The van der Waals surface area contributed by atoms with Crippen molar-refractivity contribution >= 4 is 46.2 Å². The van der Waals surface area contributed by atoms with Crippen LogP contribution in [-0.2, 0) is 7.05 Å². The smallest absolute Gasteiger partial charge is 0.201 e. The van der Waals surface area contributed by atoms with Crippen molar-refractivity contribution in [2.45, 2.75) is 41.3 Å². The maximum absolute atomic E-state index is 9.09. The van der Waals surface area contributed by atoms with Crippen LogP contribution >= 0.6 is 0 Å². The van der Waals surface area contributed by atoms with Crippen LogP contribution in [0.1, 0.15) is 45.7 Å². The minimum absolute atomic E-state index is 0.249. The Balaban J connectivity index is 1.20. The first-order valence-electron chi connectivity index (χ1n) is 26.1. The van der Waals surface area contributed by atoms with Crippen molar-refractivity contribution < 1.29 is 16.9 Å². The normalized spacial score (nSPS) is 14.7. The lowest BCUT2D eigenvalue weighted by atomic mass is 9.20. The van der Waals surface area contributed by atoms with Gasteiger partial charge in [-0.3, -0.25) is 0 Å². The number of pyridine rings is 1. The SMILES string of the molecule is [2H]C([2H])([2H])c1c[n+](C)c(-c2ccccc2C)cc1-c1ccc(-c2ccc3c(c2)B(c2c(C)cc(-c4ccccc4)cc2C([2H])([2H])[2H])c2ccccc2B3c2c(C)cc(-c3ccccc3)cc2C([2H])([2H])[2H])cc1. The van der Waals surface area contributed by atoms with Crippen molar-refractivity contribution in [3.05, 3.63) is 222 Å². The molecule has 8 aromatic carbocycles. The number of aryl methyl sites for hydroxylation is 7. The zero-order chi connectivity index (χ0) is 50.9. The second kappa shape index (κ2) is 16.4. The van der Waals surface area contributed by atoms with Crippen LogP contribution in [0.15, 0.2) is 188 Å². The number of nitrogens with zero attached hydrogens (tertiary/aromatic N) is 1. The van der Waals surface area contributed by atoms with Gasteiger partial charge in [0.1, 0.15) is 7.05 Å². The maximum atomic E-state index is 9.09. The summed E-state index contributed by atoms with van der Waals surface area (Å²) in [5, 5.41) is 0. The molecule has 0 amide bonds. The molecule has 0 spiro atoms. The fourth-order valence-corrected chi connectivity index (χ4v) is 10.1. The summed E-state index contributed by atoms with van der Waals surface area (Å²) in [7, 11) is 1.88. The van der Waals surface area contributed by atoms with Gasteiger partial charge in [-0.1, -0.05) is 225 Å². The summed E-state index contributed by atoms with van der Waals surface area (Å²) in [6.45, 7) is -2.34. The molecule has 0 unspecified atom stereocenters. The van der Waals surface area contributed by atoms with E-state index in [2.05, 4.69) is 42.5 Å². The van der Waals surface area contributed by atoms with E-state index in [9.17, 15) is 0 Å². The minimum atomic E-state index is -2.48.